The maximum absolute atomic E-state index is 5.67. The Morgan fingerprint density at radius 2 is 1.75 bits per heavy atom. The van der Waals surface area contributed by atoms with Crippen molar-refractivity contribution in [2.24, 2.45) is 5.92 Å². The summed E-state index contributed by atoms with van der Waals surface area (Å²) < 4.78 is 11.2. The van der Waals surface area contributed by atoms with E-state index in [-0.39, 0.29) is 0 Å². The van der Waals surface area contributed by atoms with E-state index in [0.29, 0.717) is 25.3 Å². The van der Waals surface area contributed by atoms with E-state index in [1.807, 2.05) is 6.07 Å². The Morgan fingerprint density at radius 1 is 1.05 bits per heavy atom. The first-order valence-corrected chi connectivity index (χ1v) is 7.89. The molecule has 1 unspecified atom stereocenters. The summed E-state index contributed by atoms with van der Waals surface area (Å²) in [6.45, 7) is 5.86. The highest BCUT2D eigenvalue weighted by Gasteiger charge is 2.23. The van der Waals surface area contributed by atoms with Crippen molar-refractivity contribution >= 4 is 0 Å². The molecule has 1 aromatic carbocycles. The fourth-order valence-corrected chi connectivity index (χ4v) is 3.41. The summed E-state index contributed by atoms with van der Waals surface area (Å²) in [7, 11) is 0. The van der Waals surface area contributed by atoms with E-state index < -0.39 is 0 Å². The summed E-state index contributed by atoms with van der Waals surface area (Å²) in [5.41, 5.74) is 1.28. The number of ether oxygens (including phenoxy) is 2. The summed E-state index contributed by atoms with van der Waals surface area (Å²) in [5.74, 6) is 2.60. The molecule has 0 bridgehead atoms. The molecule has 0 amide bonds. The summed E-state index contributed by atoms with van der Waals surface area (Å²) in [6.07, 6.45) is 5.55. The summed E-state index contributed by atoms with van der Waals surface area (Å²) in [5, 5.41) is 3.75. The molecule has 0 aromatic heterocycles. The van der Waals surface area contributed by atoms with E-state index >= 15 is 0 Å². The summed E-state index contributed by atoms with van der Waals surface area (Å²) in [4.78, 5) is 0. The van der Waals surface area contributed by atoms with Gasteiger partial charge in [-0.25, -0.2) is 0 Å². The second-order valence-corrected chi connectivity index (χ2v) is 6.12. The van der Waals surface area contributed by atoms with Gasteiger partial charge >= 0.3 is 0 Å². The van der Waals surface area contributed by atoms with Gasteiger partial charge in [-0.15, -0.1) is 0 Å². The highest BCUT2D eigenvalue weighted by molar-refractivity contribution is 5.44. The number of hydrogen-bond acceptors (Lipinski definition) is 3. The molecule has 0 spiro atoms. The first-order valence-electron chi connectivity index (χ1n) is 7.89. The van der Waals surface area contributed by atoms with E-state index in [1.54, 1.807) is 0 Å². The first-order chi connectivity index (χ1) is 9.74. The molecule has 20 heavy (non-hydrogen) atoms. The molecule has 1 aliphatic heterocycles. The van der Waals surface area contributed by atoms with Crippen LogP contribution in [0.1, 0.15) is 51.1 Å². The maximum atomic E-state index is 5.67. The van der Waals surface area contributed by atoms with E-state index in [0.717, 1.165) is 17.4 Å². The lowest BCUT2D eigenvalue weighted by Crippen LogP contribution is -2.34. The minimum absolute atomic E-state index is 0.349. The third-order valence-electron chi connectivity index (χ3n) is 4.69. The van der Waals surface area contributed by atoms with Gasteiger partial charge in [0.1, 0.15) is 13.2 Å². The number of hydrogen-bond donors (Lipinski definition) is 1. The van der Waals surface area contributed by atoms with Gasteiger partial charge in [-0.3, -0.25) is 0 Å². The van der Waals surface area contributed by atoms with Crippen molar-refractivity contribution in [1.82, 2.24) is 5.32 Å². The largest absolute Gasteiger partial charge is 0.486 e. The lowest BCUT2D eigenvalue weighted by Gasteiger charge is -2.26. The molecule has 1 N–H and O–H groups in total. The normalized spacial score (nSPS) is 21.7. The van der Waals surface area contributed by atoms with Crippen LogP contribution in [0.5, 0.6) is 11.5 Å². The maximum Gasteiger partial charge on any atom is 0.161 e. The van der Waals surface area contributed by atoms with Crippen LogP contribution in [-0.4, -0.2) is 19.3 Å². The molecule has 1 saturated carbocycles. The Balaban J connectivity index is 1.65. The molecule has 3 heteroatoms. The van der Waals surface area contributed by atoms with Gasteiger partial charge < -0.3 is 14.8 Å². The Hall–Kier alpha value is -1.22. The van der Waals surface area contributed by atoms with E-state index in [9.17, 15) is 0 Å². The molecule has 1 fully saturated rings. The highest BCUT2D eigenvalue weighted by Crippen LogP contribution is 2.33. The minimum atomic E-state index is 0.349. The molecular formula is C17H25NO2. The average Bonchev–Trinajstić information content (AvgIpc) is 3.01. The quantitative estimate of drug-likeness (QED) is 0.909. The van der Waals surface area contributed by atoms with E-state index in [1.165, 1.54) is 31.2 Å². The van der Waals surface area contributed by atoms with Crippen molar-refractivity contribution in [3.63, 3.8) is 0 Å². The molecule has 2 atom stereocenters. The molecule has 1 heterocycles. The first kappa shape index (κ1) is 13.7. The van der Waals surface area contributed by atoms with Crippen molar-refractivity contribution in [2.75, 3.05) is 13.2 Å². The zero-order valence-corrected chi connectivity index (χ0v) is 12.5. The second kappa shape index (κ2) is 6.04. The lowest BCUT2D eigenvalue weighted by molar-refractivity contribution is 0.171. The molecule has 0 radical (unpaired) electrons. The molecule has 0 saturated heterocycles. The number of benzene rings is 1. The van der Waals surface area contributed by atoms with Gasteiger partial charge in [-0.05, 0) is 50.3 Å². The minimum Gasteiger partial charge on any atom is -0.486 e. The van der Waals surface area contributed by atoms with Crippen molar-refractivity contribution in [1.29, 1.82) is 0 Å². The zero-order chi connectivity index (χ0) is 13.9. The fraction of sp³-hybridized carbons (Fsp3) is 0.647. The van der Waals surface area contributed by atoms with E-state index in [2.05, 4.69) is 31.3 Å². The molecule has 3 rings (SSSR count). The van der Waals surface area contributed by atoms with Crippen molar-refractivity contribution in [3.05, 3.63) is 23.8 Å². The third-order valence-corrected chi connectivity index (χ3v) is 4.69. The van der Waals surface area contributed by atoms with Crippen molar-refractivity contribution in [3.8, 4) is 11.5 Å². The number of fused-ring (bicyclic) bond motifs is 1. The van der Waals surface area contributed by atoms with Crippen LogP contribution in [0.25, 0.3) is 0 Å². The Morgan fingerprint density at radius 3 is 2.50 bits per heavy atom. The van der Waals surface area contributed by atoms with Gasteiger partial charge in [0.05, 0.1) is 0 Å². The SMILES string of the molecule is CC(N[C@@H](C)C1CCCC1)c1ccc2c(c1)OCCO2. The Labute approximate surface area is 121 Å². The van der Waals surface area contributed by atoms with Crippen LogP contribution < -0.4 is 14.8 Å². The van der Waals surface area contributed by atoms with E-state index in [4.69, 9.17) is 9.47 Å². The molecule has 3 nitrogen and oxygen atoms in total. The standard InChI is InChI=1S/C17H25NO2/c1-12(14-5-3-4-6-14)18-13(2)15-7-8-16-17(11-15)20-10-9-19-16/h7-8,11-14,18H,3-6,9-10H2,1-2H3/t12-,13?/m0/s1. The van der Waals surface area contributed by atoms with Gasteiger partial charge in [0, 0.05) is 12.1 Å². The molecular weight excluding hydrogens is 250 g/mol. The van der Waals surface area contributed by atoms with Gasteiger partial charge in [-0.1, -0.05) is 18.9 Å². The van der Waals surface area contributed by atoms with Crippen LogP contribution in [0.3, 0.4) is 0 Å². The molecule has 1 aromatic rings. The molecule has 2 aliphatic rings. The highest BCUT2D eigenvalue weighted by atomic mass is 16.6. The van der Waals surface area contributed by atoms with Gasteiger partial charge in [0.2, 0.25) is 0 Å². The van der Waals surface area contributed by atoms with Crippen LogP contribution in [0.4, 0.5) is 0 Å². The van der Waals surface area contributed by atoms with Crippen LogP contribution in [0.2, 0.25) is 0 Å². The van der Waals surface area contributed by atoms with Gasteiger partial charge in [-0.2, -0.15) is 0 Å². The van der Waals surface area contributed by atoms with Gasteiger partial charge in [0.25, 0.3) is 0 Å². The predicted molar refractivity (Wildman–Crippen MR) is 80.4 cm³/mol. The fourth-order valence-electron chi connectivity index (χ4n) is 3.41. The van der Waals surface area contributed by atoms with Crippen molar-refractivity contribution in [2.45, 2.75) is 51.6 Å². The average molecular weight is 275 g/mol. The number of rotatable bonds is 4. The second-order valence-electron chi connectivity index (χ2n) is 6.12. The van der Waals surface area contributed by atoms with Crippen LogP contribution >= 0.6 is 0 Å². The third kappa shape index (κ3) is 2.93. The Kier molecular flexibility index (Phi) is 4.16. The summed E-state index contributed by atoms with van der Waals surface area (Å²) in [6, 6.07) is 7.23. The van der Waals surface area contributed by atoms with Crippen molar-refractivity contribution < 1.29 is 9.47 Å². The number of nitrogens with one attached hydrogen (secondary N) is 1. The lowest BCUT2D eigenvalue weighted by atomic mass is 9.97. The van der Waals surface area contributed by atoms with Crippen LogP contribution in [0.15, 0.2) is 18.2 Å². The predicted octanol–water partition coefficient (Wildman–Crippen LogP) is 3.69. The monoisotopic (exact) mass is 275 g/mol. The van der Waals surface area contributed by atoms with Gasteiger partial charge in [0.15, 0.2) is 11.5 Å². The smallest absolute Gasteiger partial charge is 0.161 e. The van der Waals surface area contributed by atoms with Crippen LogP contribution in [-0.2, 0) is 0 Å². The topological polar surface area (TPSA) is 30.5 Å². The zero-order valence-electron chi connectivity index (χ0n) is 12.5. The molecule has 110 valence electrons. The van der Waals surface area contributed by atoms with Crippen LogP contribution in [0, 0.1) is 5.92 Å². The summed E-state index contributed by atoms with van der Waals surface area (Å²) >= 11 is 0. The molecule has 1 aliphatic carbocycles. The Bertz CT molecular complexity index is 454.